The van der Waals surface area contributed by atoms with E-state index in [4.69, 9.17) is 54.7 Å². The first kappa shape index (κ1) is 62.9. The van der Waals surface area contributed by atoms with Crippen molar-refractivity contribution < 1.29 is 10.0 Å². The molecule has 0 unspecified atom stereocenters. The van der Waals surface area contributed by atoms with Gasteiger partial charge in [0.25, 0.3) is 0 Å². The summed E-state index contributed by atoms with van der Waals surface area (Å²) in [6.45, 7) is 4.17. The summed E-state index contributed by atoms with van der Waals surface area (Å²) in [6, 6.07) is 52.6. The highest BCUT2D eigenvalue weighted by Gasteiger charge is 2.46. The van der Waals surface area contributed by atoms with E-state index in [9.17, 15) is 0 Å². The maximum atomic E-state index is 9.05. The summed E-state index contributed by atoms with van der Waals surface area (Å²) in [5.74, 6) is 0.948. The van der Waals surface area contributed by atoms with Gasteiger partial charge < -0.3 is 36.7 Å². The standard InChI is InChI=1S/C28H26N6.C15H9ClN4.C13H18N2.C9H8BNO2.C6H4ClN3.HI/c29-26-20-6-2-1-5-19(20)17-28(26)11-15-33(16-12-28)25-18-31-27-23(32-25)10-14-34(27)24-9-3-8-22-21(24)7-4-13-30-22;16-14-9-18-15-12(19-14)6-8-20(15)13-5-1-4-11-10(13)3-2-7-17-11;14-12-11-4-2-1-3-10(11)9-13(12)5-7-15-8-6-13;12-10(13)8-4-1-5-9-7(8)3-2-6-11-9;7-5-3-9-6-4(10-5)1-2-8-6;/h1-10,13-14,18,26H,11-12,15-17,29H2;1-9H;1-4,12,15H,5-9,14H2;1-6,12-13H;1-3H,(H,8,9);1H/t26-;;12-;;;/m1.1.../s1. The van der Waals surface area contributed by atoms with Gasteiger partial charge in [-0.25, -0.2) is 29.9 Å². The largest absolute Gasteiger partial charge is 0.489 e. The molecule has 2 aliphatic carbocycles. The number of rotatable bonds is 4. The summed E-state index contributed by atoms with van der Waals surface area (Å²) in [5, 5.41) is 25.3. The van der Waals surface area contributed by atoms with Crippen LogP contribution in [0.4, 0.5) is 5.82 Å². The maximum absolute atomic E-state index is 9.05. The van der Waals surface area contributed by atoms with Gasteiger partial charge in [-0.3, -0.25) is 24.1 Å². The molecule has 14 aromatic rings. The van der Waals surface area contributed by atoms with E-state index in [1.807, 2.05) is 96.0 Å². The van der Waals surface area contributed by atoms with Crippen LogP contribution in [0.15, 0.2) is 213 Å². The first-order valence-electron chi connectivity index (χ1n) is 30.8. The van der Waals surface area contributed by atoms with Crippen molar-refractivity contribution in [3.8, 4) is 11.4 Å². The predicted molar refractivity (Wildman–Crippen MR) is 382 cm³/mol. The minimum absolute atomic E-state index is 0. The van der Waals surface area contributed by atoms with Crippen LogP contribution in [0, 0.1) is 10.8 Å². The number of nitrogens with zero attached hydrogens (tertiary/aromatic N) is 12. The van der Waals surface area contributed by atoms with Gasteiger partial charge in [0, 0.05) is 73.1 Å². The van der Waals surface area contributed by atoms with E-state index in [1.165, 1.54) is 47.7 Å². The zero-order valence-corrected chi connectivity index (χ0v) is 54.4. The molecule has 8 N–H and O–H groups in total. The molecule has 0 saturated carbocycles. The van der Waals surface area contributed by atoms with Gasteiger partial charge in [-0.05, 0) is 174 Å². The van der Waals surface area contributed by atoms with Crippen molar-refractivity contribution in [3.63, 3.8) is 0 Å². The van der Waals surface area contributed by atoms with Crippen LogP contribution in [0.2, 0.25) is 10.3 Å². The number of aromatic amines is 1. The number of H-pyrrole nitrogens is 1. The van der Waals surface area contributed by atoms with E-state index in [-0.39, 0.29) is 41.5 Å². The number of nitrogens with one attached hydrogen (secondary N) is 2. The molecule has 9 aromatic heterocycles. The average molecular weight is 1380 g/mol. The molecule has 2 saturated heterocycles. The van der Waals surface area contributed by atoms with Gasteiger partial charge in [0.05, 0.1) is 46.5 Å². The van der Waals surface area contributed by atoms with Gasteiger partial charge in [-0.15, -0.1) is 24.0 Å². The van der Waals surface area contributed by atoms with Crippen LogP contribution in [0.5, 0.6) is 0 Å². The maximum Gasteiger partial charge on any atom is 0.489 e. The molecular formula is C71H66BCl2IN16O2. The van der Waals surface area contributed by atoms with Crippen LogP contribution in [0.1, 0.15) is 60.0 Å². The van der Waals surface area contributed by atoms with Crippen molar-refractivity contribution in [2.45, 2.75) is 50.6 Å². The third kappa shape index (κ3) is 12.8. The normalized spacial score (nSPS) is 16.5. The lowest BCUT2D eigenvalue weighted by molar-refractivity contribution is 0.174. The van der Waals surface area contributed by atoms with E-state index in [2.05, 4.69) is 128 Å². The topological polar surface area (TPSA) is 249 Å². The zero-order valence-electron chi connectivity index (χ0n) is 50.6. The monoisotopic (exact) mass is 1380 g/mol. The molecule has 2 atom stereocenters. The Bertz CT molecular complexity index is 4940. The highest BCUT2D eigenvalue weighted by molar-refractivity contribution is 14.0. The fourth-order valence-electron chi connectivity index (χ4n) is 13.8. The second kappa shape index (κ2) is 27.4. The second-order valence-corrected chi connectivity index (χ2v) is 24.5. The minimum atomic E-state index is -1.44. The average Bonchev–Trinajstić information content (AvgIpc) is 1.69. The molecule has 2 aliphatic heterocycles. The number of nitrogens with two attached hydrogens (primary N) is 2. The van der Waals surface area contributed by atoms with Crippen LogP contribution in [-0.4, -0.2) is 102 Å². The van der Waals surface area contributed by atoms with E-state index in [0.717, 1.165) is 129 Å². The first-order valence-corrected chi connectivity index (χ1v) is 31.6. The molecule has 4 aliphatic rings. The van der Waals surface area contributed by atoms with Crippen molar-refractivity contribution >= 4 is 132 Å². The molecule has 2 fully saturated rings. The summed E-state index contributed by atoms with van der Waals surface area (Å²) in [4.78, 5) is 44.7. The number of piperidine rings is 2. The summed E-state index contributed by atoms with van der Waals surface area (Å²) in [6.07, 6.45) is 22.9. The number of hydrogen-bond acceptors (Lipinski definition) is 15. The number of pyridine rings is 3. The van der Waals surface area contributed by atoms with E-state index < -0.39 is 7.12 Å². The predicted octanol–water partition coefficient (Wildman–Crippen LogP) is 12.2. The highest BCUT2D eigenvalue weighted by Crippen LogP contribution is 2.52. The number of hydrogen-bond donors (Lipinski definition) is 6. The Morgan fingerprint density at radius 3 is 1.55 bits per heavy atom. The second-order valence-electron chi connectivity index (χ2n) is 23.8. The number of fused-ring (bicyclic) bond motifs is 8. The summed E-state index contributed by atoms with van der Waals surface area (Å²) >= 11 is 11.5. The molecule has 18 rings (SSSR count). The molecule has 93 heavy (non-hydrogen) atoms. The fraction of sp³-hybridized carbons (Fsp3) is 0.197. The Hall–Kier alpha value is -8.84. The Morgan fingerprint density at radius 2 is 0.978 bits per heavy atom. The van der Waals surface area contributed by atoms with E-state index >= 15 is 0 Å². The number of benzene rings is 5. The van der Waals surface area contributed by atoms with Crippen molar-refractivity contribution in [1.82, 2.24) is 64.3 Å². The number of anilines is 1. The van der Waals surface area contributed by atoms with Crippen molar-refractivity contribution in [3.05, 3.63) is 246 Å². The van der Waals surface area contributed by atoms with Gasteiger partial charge in [0.2, 0.25) is 0 Å². The van der Waals surface area contributed by atoms with Gasteiger partial charge in [0.1, 0.15) is 32.7 Å². The van der Waals surface area contributed by atoms with Crippen LogP contribution < -0.4 is 27.1 Å². The fourth-order valence-corrected chi connectivity index (χ4v) is 14.1. The summed E-state index contributed by atoms with van der Waals surface area (Å²) in [7, 11) is -1.44. The quantitative estimate of drug-likeness (QED) is 0.0708. The van der Waals surface area contributed by atoms with E-state index in [1.54, 1.807) is 43.0 Å². The Labute approximate surface area is 563 Å². The lowest BCUT2D eigenvalue weighted by Crippen LogP contribution is -2.44. The molecule has 2 spiro atoms. The summed E-state index contributed by atoms with van der Waals surface area (Å²) < 4.78 is 4.11. The molecule has 466 valence electrons. The third-order valence-electron chi connectivity index (χ3n) is 18.6. The molecule has 18 nitrogen and oxygen atoms in total. The number of halogens is 3. The zero-order chi connectivity index (χ0) is 62.8. The van der Waals surface area contributed by atoms with E-state index in [0.29, 0.717) is 21.2 Å². The van der Waals surface area contributed by atoms with Gasteiger partial charge in [0.15, 0.2) is 16.9 Å². The smallest absolute Gasteiger partial charge is 0.423 e. The lowest BCUT2D eigenvalue weighted by Gasteiger charge is -2.42. The molecular weight excluding hydrogens is 1320 g/mol. The van der Waals surface area contributed by atoms with Crippen molar-refractivity contribution in [2.24, 2.45) is 22.3 Å². The number of aromatic nitrogens is 12. The highest BCUT2D eigenvalue weighted by atomic mass is 127. The Balaban J connectivity index is 0.000000114. The lowest BCUT2D eigenvalue weighted by atomic mass is 9.73. The molecule has 11 heterocycles. The van der Waals surface area contributed by atoms with Crippen molar-refractivity contribution in [1.29, 1.82) is 0 Å². The van der Waals surface area contributed by atoms with Crippen LogP contribution in [-0.2, 0) is 12.8 Å². The van der Waals surface area contributed by atoms with Crippen LogP contribution >= 0.6 is 47.2 Å². The molecule has 22 heteroatoms. The van der Waals surface area contributed by atoms with Crippen LogP contribution in [0.3, 0.4) is 0 Å². The third-order valence-corrected chi connectivity index (χ3v) is 18.9. The molecule has 0 amide bonds. The molecule has 0 bridgehead atoms. The van der Waals surface area contributed by atoms with Gasteiger partial charge in [-0.2, -0.15) is 0 Å². The first-order chi connectivity index (χ1) is 45.0. The SMILES string of the molecule is Clc1cnc2[nH]ccc2n1.Clc1cnc2c(ccn2-c2cccc3ncccc23)n1.I.N[C@@H]1c2ccccc2CC12CCN(c1cnc3c(ccn3-c3cccc4ncccc34)n1)CC2.N[C@@H]1c2ccccc2CC12CCNCC2.OB(O)c1cccc2ncccc12. The van der Waals surface area contributed by atoms with Crippen LogP contribution in [0.25, 0.3) is 77.6 Å². The van der Waals surface area contributed by atoms with Gasteiger partial charge >= 0.3 is 7.12 Å². The Morgan fingerprint density at radius 1 is 0.484 bits per heavy atom. The minimum Gasteiger partial charge on any atom is -0.423 e. The summed E-state index contributed by atoms with van der Waals surface area (Å²) in [5.41, 5.74) is 29.5. The Kier molecular flexibility index (Phi) is 18.5. The molecule has 0 radical (unpaired) electrons. The molecule has 5 aromatic carbocycles. The van der Waals surface area contributed by atoms with Gasteiger partial charge in [-0.1, -0.05) is 102 Å². The van der Waals surface area contributed by atoms with Crippen molar-refractivity contribution in [2.75, 3.05) is 31.1 Å².